The monoisotopic (exact) mass is 251 g/mol. The molecule has 1 rings (SSSR count). The van der Waals surface area contributed by atoms with Gasteiger partial charge in [-0.15, -0.1) is 0 Å². The van der Waals surface area contributed by atoms with Crippen molar-refractivity contribution < 1.29 is 0 Å². The molecule has 2 atom stereocenters. The van der Waals surface area contributed by atoms with Crippen LogP contribution in [0, 0.1) is 11.3 Å². The van der Waals surface area contributed by atoms with E-state index in [1.54, 1.807) is 0 Å². The van der Waals surface area contributed by atoms with E-state index in [9.17, 15) is 0 Å². The van der Waals surface area contributed by atoms with Gasteiger partial charge in [-0.1, -0.05) is 34.6 Å². The Morgan fingerprint density at radius 2 is 2.11 bits per heavy atom. The van der Waals surface area contributed by atoms with Gasteiger partial charge in [-0.2, -0.15) is 0 Å². The number of imidazole rings is 1. The van der Waals surface area contributed by atoms with Gasteiger partial charge in [0.1, 0.15) is 5.82 Å². The fraction of sp³-hybridized carbons (Fsp3) is 0.800. The second kappa shape index (κ2) is 6.93. The molecular weight excluding hydrogens is 222 g/mol. The summed E-state index contributed by atoms with van der Waals surface area (Å²) in [7, 11) is 0. The molecule has 18 heavy (non-hydrogen) atoms. The van der Waals surface area contributed by atoms with Crippen LogP contribution in [0.15, 0.2) is 12.4 Å². The number of hydrogen-bond donors (Lipinski definition) is 2. The molecule has 0 saturated heterocycles. The SMILES string of the molecule is CCCNC(Cc1ncc[nH]1)CC(C)C(C)(C)C. The van der Waals surface area contributed by atoms with Crippen LogP contribution in [0.25, 0.3) is 0 Å². The molecule has 3 heteroatoms. The van der Waals surface area contributed by atoms with Crippen LogP contribution in [0.5, 0.6) is 0 Å². The lowest BCUT2D eigenvalue weighted by Crippen LogP contribution is -2.36. The van der Waals surface area contributed by atoms with Crippen LogP contribution in [-0.2, 0) is 6.42 Å². The molecule has 1 aromatic heterocycles. The van der Waals surface area contributed by atoms with Crippen LogP contribution < -0.4 is 5.32 Å². The highest BCUT2D eigenvalue weighted by Gasteiger charge is 2.23. The normalized spacial score (nSPS) is 15.6. The molecule has 1 aromatic rings. The lowest BCUT2D eigenvalue weighted by molar-refractivity contribution is 0.221. The van der Waals surface area contributed by atoms with Crippen molar-refractivity contribution in [1.82, 2.24) is 15.3 Å². The summed E-state index contributed by atoms with van der Waals surface area (Å²) in [5, 5.41) is 3.65. The second-order valence-corrected chi connectivity index (χ2v) is 6.39. The van der Waals surface area contributed by atoms with E-state index in [1.165, 1.54) is 12.8 Å². The predicted octanol–water partition coefficient (Wildman–Crippen LogP) is 3.39. The van der Waals surface area contributed by atoms with Gasteiger partial charge in [0.15, 0.2) is 0 Å². The van der Waals surface area contributed by atoms with Gasteiger partial charge >= 0.3 is 0 Å². The molecule has 2 N–H and O–H groups in total. The second-order valence-electron chi connectivity index (χ2n) is 6.39. The van der Waals surface area contributed by atoms with E-state index in [1.807, 2.05) is 12.4 Å². The maximum Gasteiger partial charge on any atom is 0.107 e. The predicted molar refractivity (Wildman–Crippen MR) is 77.6 cm³/mol. The Bertz CT molecular complexity index is 311. The lowest BCUT2D eigenvalue weighted by Gasteiger charge is -2.31. The summed E-state index contributed by atoms with van der Waals surface area (Å²) < 4.78 is 0. The van der Waals surface area contributed by atoms with Gasteiger partial charge in [0.05, 0.1) is 0 Å². The standard InChI is InChI=1S/C15H29N3/c1-6-7-16-13(10-12(2)15(3,4)5)11-14-17-8-9-18-14/h8-9,12-13,16H,6-7,10-11H2,1-5H3,(H,17,18). The maximum absolute atomic E-state index is 4.34. The molecule has 0 aliphatic rings. The van der Waals surface area contributed by atoms with Crippen LogP contribution in [0.2, 0.25) is 0 Å². The van der Waals surface area contributed by atoms with Gasteiger partial charge < -0.3 is 10.3 Å². The van der Waals surface area contributed by atoms with Gasteiger partial charge in [-0.25, -0.2) is 4.98 Å². The largest absolute Gasteiger partial charge is 0.349 e. The number of aromatic amines is 1. The summed E-state index contributed by atoms with van der Waals surface area (Å²) in [4.78, 5) is 7.54. The highest BCUT2D eigenvalue weighted by Crippen LogP contribution is 2.29. The third-order valence-electron chi connectivity index (χ3n) is 3.79. The van der Waals surface area contributed by atoms with E-state index in [0.717, 1.165) is 18.8 Å². The smallest absolute Gasteiger partial charge is 0.107 e. The molecule has 0 fully saturated rings. The third-order valence-corrected chi connectivity index (χ3v) is 3.79. The number of hydrogen-bond acceptors (Lipinski definition) is 2. The first kappa shape index (κ1) is 15.2. The molecule has 0 aromatic carbocycles. The van der Waals surface area contributed by atoms with Crippen molar-refractivity contribution in [2.45, 2.75) is 59.9 Å². The first-order valence-electron chi connectivity index (χ1n) is 7.15. The van der Waals surface area contributed by atoms with E-state index in [4.69, 9.17) is 0 Å². The minimum Gasteiger partial charge on any atom is -0.349 e. The quantitative estimate of drug-likeness (QED) is 0.780. The summed E-state index contributed by atoms with van der Waals surface area (Å²) in [6.07, 6.45) is 7.11. The Morgan fingerprint density at radius 3 is 2.61 bits per heavy atom. The summed E-state index contributed by atoms with van der Waals surface area (Å²) in [5.74, 6) is 1.78. The first-order valence-corrected chi connectivity index (χ1v) is 7.15. The van der Waals surface area contributed by atoms with Crippen molar-refractivity contribution in [2.24, 2.45) is 11.3 Å². The highest BCUT2D eigenvalue weighted by atomic mass is 14.9. The zero-order valence-electron chi connectivity index (χ0n) is 12.6. The minimum absolute atomic E-state index is 0.370. The first-order chi connectivity index (χ1) is 8.43. The van der Waals surface area contributed by atoms with Crippen molar-refractivity contribution in [3.05, 3.63) is 18.2 Å². The van der Waals surface area contributed by atoms with Crippen molar-refractivity contribution in [3.8, 4) is 0 Å². The third kappa shape index (κ3) is 5.21. The van der Waals surface area contributed by atoms with Crippen LogP contribution in [0.4, 0.5) is 0 Å². The van der Waals surface area contributed by atoms with Crippen LogP contribution in [-0.4, -0.2) is 22.6 Å². The average molecular weight is 251 g/mol. The molecule has 0 radical (unpaired) electrons. The van der Waals surface area contributed by atoms with E-state index in [-0.39, 0.29) is 0 Å². The summed E-state index contributed by atoms with van der Waals surface area (Å²) in [5.41, 5.74) is 0.370. The maximum atomic E-state index is 4.34. The van der Waals surface area contributed by atoms with Crippen molar-refractivity contribution in [1.29, 1.82) is 0 Å². The zero-order chi connectivity index (χ0) is 13.6. The molecule has 0 aliphatic carbocycles. The summed E-state index contributed by atoms with van der Waals surface area (Å²) >= 11 is 0. The molecule has 0 saturated carbocycles. The molecule has 0 aliphatic heterocycles. The van der Waals surface area contributed by atoms with Gasteiger partial charge in [-0.05, 0) is 30.7 Å². The molecule has 0 bridgehead atoms. The molecule has 3 nitrogen and oxygen atoms in total. The summed E-state index contributed by atoms with van der Waals surface area (Å²) in [6, 6.07) is 0.519. The number of aromatic nitrogens is 2. The number of H-pyrrole nitrogens is 1. The van der Waals surface area contributed by atoms with Gasteiger partial charge in [-0.3, -0.25) is 0 Å². The molecular formula is C15H29N3. The van der Waals surface area contributed by atoms with Crippen molar-refractivity contribution in [3.63, 3.8) is 0 Å². The molecule has 0 spiro atoms. The van der Waals surface area contributed by atoms with Crippen molar-refractivity contribution >= 4 is 0 Å². The Morgan fingerprint density at radius 1 is 1.39 bits per heavy atom. The zero-order valence-corrected chi connectivity index (χ0v) is 12.6. The van der Waals surface area contributed by atoms with Crippen LogP contribution in [0.3, 0.4) is 0 Å². The Labute approximate surface area is 112 Å². The van der Waals surface area contributed by atoms with E-state index in [2.05, 4.69) is 49.9 Å². The van der Waals surface area contributed by atoms with Crippen LogP contribution >= 0.6 is 0 Å². The molecule has 1 heterocycles. The highest BCUT2D eigenvalue weighted by molar-refractivity contribution is 4.92. The molecule has 2 unspecified atom stereocenters. The number of nitrogens with one attached hydrogen (secondary N) is 2. The lowest BCUT2D eigenvalue weighted by atomic mass is 9.78. The average Bonchev–Trinajstić information content (AvgIpc) is 2.77. The fourth-order valence-electron chi connectivity index (χ4n) is 2.01. The van der Waals surface area contributed by atoms with Gasteiger partial charge in [0.25, 0.3) is 0 Å². The minimum atomic E-state index is 0.370. The number of rotatable bonds is 7. The molecule has 0 amide bonds. The Kier molecular flexibility index (Phi) is 5.86. The van der Waals surface area contributed by atoms with Gasteiger partial charge in [0, 0.05) is 24.9 Å². The molecule has 104 valence electrons. The Balaban J connectivity index is 2.55. The van der Waals surface area contributed by atoms with E-state index in [0.29, 0.717) is 17.4 Å². The van der Waals surface area contributed by atoms with Crippen molar-refractivity contribution in [2.75, 3.05) is 6.54 Å². The topological polar surface area (TPSA) is 40.7 Å². The van der Waals surface area contributed by atoms with Crippen LogP contribution in [0.1, 0.15) is 53.3 Å². The summed E-state index contributed by atoms with van der Waals surface area (Å²) in [6.45, 7) is 12.6. The number of nitrogens with zero attached hydrogens (tertiary/aromatic N) is 1. The van der Waals surface area contributed by atoms with E-state index >= 15 is 0 Å². The van der Waals surface area contributed by atoms with Gasteiger partial charge in [0.2, 0.25) is 0 Å². The fourth-order valence-corrected chi connectivity index (χ4v) is 2.01. The Hall–Kier alpha value is -0.830. The van der Waals surface area contributed by atoms with E-state index < -0.39 is 0 Å².